The molecule has 0 saturated heterocycles. The first kappa shape index (κ1) is 52.7. The van der Waals surface area contributed by atoms with Gasteiger partial charge in [-0.2, -0.15) is 0 Å². The standard InChI is InChI=1S/2C26H29FN6O5/c1-14-11-16(3-4-17(14)27)13-28-21(35)19-12-18(30-23-31-32-24(38)33(19)23)20(34)29-15(2)25-5-8-26(9-6-25,10-7-25)22(36)37;1-14-11-16(3-4-17(14)27)13-28-20(34)18-12-19(33-23(30-18)31-32-24(33)38)21(35)29-15(2)25-5-8-26(9-6-25,10-7-25)22(36)37/h3-4,11-12,15H,5-10,13H2,1-2H3,(H,28,35)(H,29,34)(H,32,38)(H,36,37);3-4,11-12,15H,5-10,13H2,1-2H3,(H,28,34)(H,29,35)(H,32,38)(H,36,37). The molecule has 0 radical (unpaired) electrons. The van der Waals surface area contributed by atoms with Crippen molar-refractivity contribution >= 4 is 47.1 Å². The fourth-order valence-corrected chi connectivity index (χ4v) is 11.8. The summed E-state index contributed by atoms with van der Waals surface area (Å²) in [6, 6.07) is 10.9. The van der Waals surface area contributed by atoms with Gasteiger partial charge in [-0.15, -0.1) is 10.2 Å². The number of benzene rings is 2. The van der Waals surface area contributed by atoms with Crippen molar-refractivity contribution in [3.05, 3.63) is 126 Å². The molecule has 6 aliphatic rings. The summed E-state index contributed by atoms with van der Waals surface area (Å²) in [6.07, 6.45) is 7.65. The van der Waals surface area contributed by atoms with E-state index in [4.69, 9.17) is 0 Å². The Morgan fingerprint density at radius 2 is 0.934 bits per heavy atom. The van der Waals surface area contributed by atoms with E-state index in [1.54, 1.807) is 38.1 Å². The van der Waals surface area contributed by atoms with Crippen molar-refractivity contribution in [1.82, 2.24) is 60.4 Å². The highest BCUT2D eigenvalue weighted by Crippen LogP contribution is 2.59. The van der Waals surface area contributed by atoms with Gasteiger partial charge in [-0.3, -0.25) is 28.8 Å². The number of hydrogen-bond donors (Lipinski definition) is 8. The molecule has 2 atom stereocenters. The van der Waals surface area contributed by atoms with Crippen LogP contribution < -0.4 is 32.6 Å². The van der Waals surface area contributed by atoms with Gasteiger partial charge in [0.2, 0.25) is 0 Å². The number of aromatic nitrogens is 8. The minimum absolute atomic E-state index is 0.0750. The third kappa shape index (κ3) is 9.82. The molecule has 4 heterocycles. The lowest BCUT2D eigenvalue weighted by molar-refractivity contribution is -0.160. The number of carbonyl (C=O) groups excluding carboxylic acids is 4. The van der Waals surface area contributed by atoms with Gasteiger partial charge in [0.1, 0.15) is 34.4 Å². The molecule has 0 aliphatic heterocycles. The predicted octanol–water partition coefficient (Wildman–Crippen LogP) is 4.68. The molecule has 8 N–H and O–H groups in total. The van der Waals surface area contributed by atoms with Gasteiger partial charge in [0.05, 0.1) is 10.8 Å². The zero-order chi connectivity index (χ0) is 54.5. The number of carboxylic acid groups (broad SMARTS) is 2. The van der Waals surface area contributed by atoms with Crippen molar-refractivity contribution in [2.24, 2.45) is 21.7 Å². The molecule has 6 aromatic rings. The van der Waals surface area contributed by atoms with Crippen LogP contribution in [0, 0.1) is 47.1 Å². The SMILES string of the molecule is Cc1cc(CNC(=O)c2cc(C(=O)NC(C)C34CCC(C(=O)O)(CC3)CC4)n3c(=O)[nH]nc3n2)ccc1F.Cc1cc(CNC(=O)c2cc(C(=O)NC(C)C34CCC(C(=O)O)(CC3)CC4)nc3n[nH]c(=O)n23)ccc1F. The predicted molar refractivity (Wildman–Crippen MR) is 266 cm³/mol. The molecule has 6 aliphatic carbocycles. The van der Waals surface area contributed by atoms with E-state index in [-0.39, 0.29) is 82.0 Å². The largest absolute Gasteiger partial charge is 0.481 e. The Bertz CT molecular complexity index is 3420. The molecule has 2 unspecified atom stereocenters. The van der Waals surface area contributed by atoms with Gasteiger partial charge >= 0.3 is 23.3 Å². The highest BCUT2D eigenvalue weighted by atomic mass is 19.1. The number of carboxylic acids is 2. The first-order chi connectivity index (χ1) is 36.1. The van der Waals surface area contributed by atoms with Gasteiger partial charge in [-0.05, 0) is 162 Å². The summed E-state index contributed by atoms with van der Waals surface area (Å²) in [4.78, 5) is 109. The number of H-pyrrole nitrogens is 2. The second-order valence-corrected chi connectivity index (χ2v) is 21.2. The number of hydrogen-bond acceptors (Lipinski definition) is 12. The van der Waals surface area contributed by atoms with E-state index >= 15 is 0 Å². The molecule has 400 valence electrons. The van der Waals surface area contributed by atoms with Crippen molar-refractivity contribution in [3.8, 4) is 0 Å². The molecule has 6 fully saturated rings. The Morgan fingerprint density at radius 1 is 0.566 bits per heavy atom. The molecule has 4 amide bonds. The Balaban J connectivity index is 0.000000186. The van der Waals surface area contributed by atoms with E-state index in [1.807, 2.05) is 13.8 Å². The lowest BCUT2D eigenvalue weighted by Crippen LogP contribution is -2.54. The van der Waals surface area contributed by atoms with Gasteiger partial charge in [-0.1, -0.05) is 24.3 Å². The first-order valence-corrected chi connectivity index (χ1v) is 25.2. The molecule has 12 rings (SSSR count). The van der Waals surface area contributed by atoms with Crippen molar-refractivity contribution in [3.63, 3.8) is 0 Å². The van der Waals surface area contributed by atoms with Crippen LogP contribution in [0.15, 0.2) is 58.1 Å². The fraction of sp³-hybridized carbons (Fsp3) is 0.462. The molecule has 24 heteroatoms. The maximum absolute atomic E-state index is 13.6. The second kappa shape index (κ2) is 20.2. The third-order valence-corrected chi connectivity index (χ3v) is 17.1. The normalized spacial score (nSPS) is 23.2. The van der Waals surface area contributed by atoms with Gasteiger partial charge in [0.25, 0.3) is 35.2 Å². The fourth-order valence-electron chi connectivity index (χ4n) is 11.8. The maximum Gasteiger partial charge on any atom is 0.349 e. The van der Waals surface area contributed by atoms with Crippen molar-refractivity contribution < 1.29 is 47.8 Å². The summed E-state index contributed by atoms with van der Waals surface area (Å²) in [7, 11) is 0. The summed E-state index contributed by atoms with van der Waals surface area (Å²) in [5.74, 6) is -4.74. The number of aryl methyl sites for hydroxylation is 2. The topological polar surface area (TPSA) is 317 Å². The van der Waals surface area contributed by atoms with Crippen molar-refractivity contribution in [1.29, 1.82) is 0 Å². The van der Waals surface area contributed by atoms with E-state index in [2.05, 4.69) is 51.6 Å². The molecule has 0 spiro atoms. The van der Waals surface area contributed by atoms with E-state index in [0.29, 0.717) is 99.3 Å². The van der Waals surface area contributed by atoms with Crippen LogP contribution >= 0.6 is 0 Å². The summed E-state index contributed by atoms with van der Waals surface area (Å²) in [6.45, 7) is 7.24. The molecule has 76 heavy (non-hydrogen) atoms. The van der Waals surface area contributed by atoms with Crippen molar-refractivity contribution in [2.75, 3.05) is 0 Å². The van der Waals surface area contributed by atoms with Crippen LogP contribution in [-0.2, 0) is 22.7 Å². The van der Waals surface area contributed by atoms with Gasteiger partial charge in [-0.25, -0.2) is 47.3 Å². The van der Waals surface area contributed by atoms with Gasteiger partial charge in [0.15, 0.2) is 0 Å². The first-order valence-electron chi connectivity index (χ1n) is 25.2. The second-order valence-electron chi connectivity index (χ2n) is 21.2. The van der Waals surface area contributed by atoms with Crippen LogP contribution in [0.4, 0.5) is 8.78 Å². The van der Waals surface area contributed by atoms with E-state index in [9.17, 15) is 57.4 Å². The number of aromatic amines is 2. The number of amides is 4. The van der Waals surface area contributed by atoms with Crippen LogP contribution in [0.1, 0.15) is 155 Å². The quantitative estimate of drug-likeness (QED) is 0.0735. The molecular formula is C52H58F2N12O10. The summed E-state index contributed by atoms with van der Waals surface area (Å²) in [5.41, 5.74) is -1.25. The molecule has 6 saturated carbocycles. The summed E-state index contributed by atoms with van der Waals surface area (Å²) >= 11 is 0. The summed E-state index contributed by atoms with van der Waals surface area (Å²) in [5, 5.41) is 42.9. The molecule has 2 aromatic carbocycles. The van der Waals surface area contributed by atoms with Gasteiger partial charge in [0, 0.05) is 25.2 Å². The van der Waals surface area contributed by atoms with Crippen LogP contribution in [-0.4, -0.2) is 97.0 Å². The third-order valence-electron chi connectivity index (χ3n) is 17.1. The van der Waals surface area contributed by atoms with Crippen LogP contribution in [0.25, 0.3) is 11.6 Å². The zero-order valence-corrected chi connectivity index (χ0v) is 42.3. The van der Waals surface area contributed by atoms with Crippen LogP contribution in [0.5, 0.6) is 0 Å². The lowest BCUT2D eigenvalue weighted by atomic mass is 9.52. The van der Waals surface area contributed by atoms with Crippen LogP contribution in [0.3, 0.4) is 0 Å². The molecular weight excluding hydrogens is 991 g/mol. The van der Waals surface area contributed by atoms with E-state index < -0.39 is 57.8 Å². The monoisotopic (exact) mass is 1050 g/mol. The molecule has 4 aromatic heterocycles. The Kier molecular flexibility index (Phi) is 14.0. The molecule has 4 bridgehead atoms. The number of nitrogens with zero attached hydrogens (tertiary/aromatic N) is 6. The average Bonchev–Trinajstić information content (AvgIpc) is 4.07. The molecule has 22 nitrogen and oxygen atoms in total. The average molecular weight is 1050 g/mol. The minimum atomic E-state index is -0.749. The highest BCUT2D eigenvalue weighted by molar-refractivity contribution is 5.99. The Morgan fingerprint density at radius 3 is 1.33 bits per heavy atom. The number of fused-ring (bicyclic) bond motifs is 8. The number of nitrogens with one attached hydrogen (secondary N) is 6. The van der Waals surface area contributed by atoms with E-state index in [1.165, 1.54) is 24.3 Å². The minimum Gasteiger partial charge on any atom is -0.481 e. The smallest absolute Gasteiger partial charge is 0.349 e. The Hall–Kier alpha value is -8.18. The number of carbonyl (C=O) groups is 6. The van der Waals surface area contributed by atoms with Crippen molar-refractivity contribution in [2.45, 2.75) is 130 Å². The summed E-state index contributed by atoms with van der Waals surface area (Å²) < 4.78 is 29.1. The Labute approximate surface area is 431 Å². The lowest BCUT2D eigenvalue weighted by Gasteiger charge is -2.54. The number of rotatable bonds is 14. The highest BCUT2D eigenvalue weighted by Gasteiger charge is 2.56. The van der Waals surface area contributed by atoms with Gasteiger partial charge < -0.3 is 31.5 Å². The number of halogens is 2. The maximum atomic E-state index is 13.6. The number of aliphatic carboxylic acids is 2. The van der Waals surface area contributed by atoms with E-state index in [0.717, 1.165) is 8.80 Å². The van der Waals surface area contributed by atoms with Crippen LogP contribution in [0.2, 0.25) is 0 Å². The zero-order valence-electron chi connectivity index (χ0n) is 42.3.